The van der Waals surface area contributed by atoms with Gasteiger partial charge in [-0.3, -0.25) is 4.79 Å². The molecule has 0 atom stereocenters. The van der Waals surface area contributed by atoms with E-state index in [1.807, 2.05) is 0 Å². The van der Waals surface area contributed by atoms with Gasteiger partial charge in [-0.1, -0.05) is 0 Å². The lowest BCUT2D eigenvalue weighted by molar-refractivity contribution is -0.142. The number of carbonyl (C=O) groups is 1. The summed E-state index contributed by atoms with van der Waals surface area (Å²) in [7, 11) is 0. The Hall–Kier alpha value is -0.410. The Morgan fingerprint density at radius 2 is 1.83 bits per heavy atom. The molecule has 0 bridgehead atoms. The number of hydrogen-bond donors (Lipinski definition) is 2. The largest absolute Gasteiger partial charge is 0.362 e. The molecule has 0 fully saturated rings. The van der Waals surface area contributed by atoms with Gasteiger partial charge in [-0.2, -0.15) is 0 Å². The Balaban J connectivity index is 3.26. The summed E-state index contributed by atoms with van der Waals surface area (Å²) >= 11 is 0. The van der Waals surface area contributed by atoms with E-state index in [9.17, 15) is 4.79 Å². The lowest BCUT2D eigenvalue weighted by Crippen LogP contribution is -2.14. The summed E-state index contributed by atoms with van der Waals surface area (Å²) in [6.07, 6.45) is -1.79. The third-order valence-corrected chi connectivity index (χ3v) is 0.364. The van der Waals surface area contributed by atoms with Gasteiger partial charge < -0.3 is 10.2 Å². The maximum atomic E-state index is 9.64. The smallest absolute Gasteiger partial charge is 0.212 e. The Bertz CT molecular complexity index is 57.1. The molecule has 0 aliphatic carbocycles. The molecule has 0 rings (SSSR count). The highest BCUT2D eigenvalue weighted by atomic mass is 16.8. The minimum atomic E-state index is -1.79. The summed E-state index contributed by atoms with van der Waals surface area (Å²) in [5.41, 5.74) is 0. The summed E-state index contributed by atoms with van der Waals surface area (Å²) in [6.45, 7) is 1.10. The monoisotopic (exact) mass is 94.0 g/mol. The van der Waals surface area contributed by atoms with E-state index < -0.39 is 12.1 Å². The van der Waals surface area contributed by atoms with Crippen LogP contribution in [0, 0.1) is 0 Å². The van der Waals surface area contributed by atoms with Gasteiger partial charge in [-0.05, 0) is 6.92 Å². The van der Waals surface area contributed by atoms with Gasteiger partial charge in [0.05, 0.1) is 0 Å². The second kappa shape index (κ2) is 1.89. The minimum Gasteiger partial charge on any atom is -0.362 e. The van der Waals surface area contributed by atoms with Gasteiger partial charge in [-0.15, -0.1) is 0 Å². The van der Waals surface area contributed by atoms with Crippen molar-refractivity contribution in [3.63, 3.8) is 0 Å². The average Bonchev–Trinajstić information content (AvgIpc) is 1.36. The molecule has 2 N–H and O–H groups in total. The van der Waals surface area contributed by atoms with E-state index in [4.69, 9.17) is 10.2 Å². The van der Waals surface area contributed by atoms with E-state index >= 15 is 0 Å². The van der Waals surface area contributed by atoms with Crippen LogP contribution in [0.4, 0.5) is 0 Å². The van der Waals surface area contributed by atoms with Crippen LogP contribution in [0.3, 0.4) is 0 Å². The lowest BCUT2D eigenvalue weighted by atomic mass is 11.1. The van der Waals surface area contributed by atoms with Gasteiger partial charge in [0.2, 0.25) is 6.29 Å². The van der Waals surface area contributed by atoms with Crippen molar-refractivity contribution < 1.29 is 15.0 Å². The topological polar surface area (TPSA) is 57.5 Å². The molecular formula is C3H6O3. The van der Waals surface area contributed by atoms with E-state index in [0.717, 1.165) is 6.92 Å². The molecule has 0 aliphatic rings. The van der Waals surface area contributed by atoms with Crippen LogP contribution in [0.2, 0.25) is 0 Å². The zero-order valence-electron chi connectivity index (χ0n) is 3.38. The van der Waals surface area contributed by atoms with Gasteiger partial charge in [0.15, 0.2) is 5.78 Å². The lowest BCUT2D eigenvalue weighted by Gasteiger charge is -1.90. The standard InChI is InChI=1S/C3H6O3/c1-2(4)3(5)6/h3,5-6H,1H3/i1+2,3+2. The van der Waals surface area contributed by atoms with Crippen molar-refractivity contribution in [2.45, 2.75) is 13.2 Å². The maximum Gasteiger partial charge on any atom is 0.212 e. The van der Waals surface area contributed by atoms with Crippen LogP contribution in [-0.2, 0) is 4.79 Å². The molecule has 36 valence electrons. The Labute approximate surface area is 35.2 Å². The number of rotatable bonds is 1. The Kier molecular flexibility index (Phi) is 1.76. The first-order chi connectivity index (χ1) is 2.64. The quantitative estimate of drug-likeness (QED) is 0.405. The molecule has 0 saturated heterocycles. The fourth-order valence-electron chi connectivity index (χ4n) is 0. The second-order valence-electron chi connectivity index (χ2n) is 0.984. The normalized spacial score (nSPS) is 9.33. The maximum absolute atomic E-state index is 9.64. The first-order valence-electron chi connectivity index (χ1n) is 1.51. The number of Topliss-reactive ketones (excluding diaryl/α,β-unsaturated/α-hetero) is 1. The molecule has 0 spiro atoms. The van der Waals surface area contributed by atoms with Crippen LogP contribution in [0.1, 0.15) is 6.92 Å². The van der Waals surface area contributed by atoms with Crippen molar-refractivity contribution in [1.82, 2.24) is 0 Å². The number of carbonyl (C=O) groups excluding carboxylic acids is 1. The molecule has 0 aliphatic heterocycles. The van der Waals surface area contributed by atoms with Crippen molar-refractivity contribution in [3.05, 3.63) is 0 Å². The molecule has 0 radical (unpaired) electrons. The zero-order chi connectivity index (χ0) is 5.15. The van der Waals surface area contributed by atoms with E-state index in [-0.39, 0.29) is 0 Å². The Morgan fingerprint density at radius 1 is 1.67 bits per heavy atom. The number of aliphatic hydroxyl groups is 2. The summed E-state index contributed by atoms with van der Waals surface area (Å²) in [4.78, 5) is 9.64. The van der Waals surface area contributed by atoms with Crippen LogP contribution in [0.5, 0.6) is 0 Å². The Morgan fingerprint density at radius 3 is 1.83 bits per heavy atom. The van der Waals surface area contributed by atoms with Gasteiger partial charge in [0, 0.05) is 0 Å². The van der Waals surface area contributed by atoms with Crippen LogP contribution < -0.4 is 0 Å². The molecule has 6 heavy (non-hydrogen) atoms. The second-order valence-corrected chi connectivity index (χ2v) is 0.984. The predicted octanol–water partition coefficient (Wildman–Crippen LogP) is -1.11. The first-order valence-corrected chi connectivity index (χ1v) is 1.51. The first kappa shape index (κ1) is 5.59. The van der Waals surface area contributed by atoms with Gasteiger partial charge in [0.25, 0.3) is 0 Å². The zero-order valence-corrected chi connectivity index (χ0v) is 3.38. The summed E-state index contributed by atoms with van der Waals surface area (Å²) in [5.74, 6) is -0.630. The predicted molar refractivity (Wildman–Crippen MR) is 18.9 cm³/mol. The van der Waals surface area contributed by atoms with Crippen molar-refractivity contribution in [2.24, 2.45) is 0 Å². The van der Waals surface area contributed by atoms with E-state index in [1.54, 1.807) is 0 Å². The molecule has 0 aromatic carbocycles. The fourth-order valence-corrected chi connectivity index (χ4v) is 0. The summed E-state index contributed by atoms with van der Waals surface area (Å²) < 4.78 is 0. The molecule has 0 aromatic rings. The molecule has 0 heterocycles. The highest BCUT2D eigenvalue weighted by Crippen LogP contribution is 1.72. The SMILES string of the molecule is [14CH3]C(=O)[14CH](O)O. The molecule has 0 aromatic heterocycles. The van der Waals surface area contributed by atoms with Crippen LogP contribution in [0.15, 0.2) is 0 Å². The van der Waals surface area contributed by atoms with Crippen molar-refractivity contribution in [1.29, 1.82) is 0 Å². The molecule has 3 nitrogen and oxygen atoms in total. The minimum absolute atomic E-state index is 0.630. The van der Waals surface area contributed by atoms with Crippen LogP contribution in [-0.4, -0.2) is 22.3 Å². The van der Waals surface area contributed by atoms with E-state index in [1.165, 1.54) is 0 Å². The average molecular weight is 94.1 g/mol. The number of aliphatic hydroxyl groups excluding tert-OH is 1. The molecular weight excluding hydrogens is 88.0 g/mol. The molecule has 0 saturated carbocycles. The third-order valence-electron chi connectivity index (χ3n) is 0.364. The van der Waals surface area contributed by atoms with Gasteiger partial charge in [-0.25, -0.2) is 0 Å². The van der Waals surface area contributed by atoms with E-state index in [0.29, 0.717) is 0 Å². The summed E-state index contributed by atoms with van der Waals surface area (Å²) in [6, 6.07) is 0. The molecule has 0 amide bonds. The highest BCUT2D eigenvalue weighted by Gasteiger charge is 1.99. The highest BCUT2D eigenvalue weighted by molar-refractivity contribution is 5.78. The van der Waals surface area contributed by atoms with Crippen LogP contribution in [0.25, 0.3) is 0 Å². The fraction of sp³-hybridized carbons (Fsp3) is 0.667. The summed E-state index contributed by atoms with van der Waals surface area (Å²) in [5, 5.41) is 15.7. The van der Waals surface area contributed by atoms with Crippen LogP contribution >= 0.6 is 0 Å². The van der Waals surface area contributed by atoms with E-state index in [2.05, 4.69) is 0 Å². The molecule has 0 unspecified atom stereocenters. The number of ketones is 1. The third kappa shape index (κ3) is 1.87. The van der Waals surface area contributed by atoms with Crippen molar-refractivity contribution >= 4 is 5.78 Å². The van der Waals surface area contributed by atoms with Crippen molar-refractivity contribution in [3.8, 4) is 0 Å². The van der Waals surface area contributed by atoms with Gasteiger partial charge >= 0.3 is 0 Å². The number of hydrogen-bond acceptors (Lipinski definition) is 3. The molecule has 3 heteroatoms. The van der Waals surface area contributed by atoms with Crippen molar-refractivity contribution in [2.75, 3.05) is 0 Å². The van der Waals surface area contributed by atoms with Gasteiger partial charge in [0.1, 0.15) is 0 Å².